The van der Waals surface area contributed by atoms with E-state index in [0.717, 1.165) is 10.7 Å². The average molecular weight is 404 g/mol. The number of halogens is 2. The first kappa shape index (κ1) is 19.5. The largest absolute Gasteiger partial charge is 0.483 e. The topological polar surface area (TPSA) is 39.9 Å². The molecule has 0 bridgehead atoms. The molecule has 0 aliphatic rings. The highest BCUT2D eigenvalue weighted by atomic mass is 35.5. The minimum Gasteiger partial charge on any atom is -0.483 e. The number of nitrogens with zero attached hydrogens (tertiary/aromatic N) is 3. The molecule has 1 heterocycles. The van der Waals surface area contributed by atoms with Crippen molar-refractivity contribution in [1.82, 2.24) is 14.8 Å². The van der Waals surface area contributed by atoms with E-state index >= 15 is 0 Å². The van der Waals surface area contributed by atoms with Crippen LogP contribution >= 0.6 is 23.4 Å². The first-order chi connectivity index (χ1) is 13.1. The standard InChI is InChI=1S/C20H19ClFN3OS/c1-3-11-25-19(14(2)26-18-6-4-5-16(21)12-18)23-24-20(25)27-13-15-7-9-17(22)10-8-15/h3-10,12,14H,1,11,13H2,2H3/t14-/m1/s1. The van der Waals surface area contributed by atoms with Crippen molar-refractivity contribution in [1.29, 1.82) is 0 Å². The lowest BCUT2D eigenvalue weighted by molar-refractivity contribution is 0.210. The summed E-state index contributed by atoms with van der Waals surface area (Å²) in [4.78, 5) is 0. The highest BCUT2D eigenvalue weighted by Gasteiger charge is 2.19. The molecular formula is C20H19ClFN3OS. The van der Waals surface area contributed by atoms with Gasteiger partial charge in [0.05, 0.1) is 0 Å². The summed E-state index contributed by atoms with van der Waals surface area (Å²) in [6, 6.07) is 13.7. The van der Waals surface area contributed by atoms with Crippen LogP contribution in [0.4, 0.5) is 4.39 Å². The fraction of sp³-hybridized carbons (Fsp3) is 0.200. The molecule has 0 unspecified atom stereocenters. The Labute approximate surface area is 167 Å². The van der Waals surface area contributed by atoms with Crippen LogP contribution in [-0.4, -0.2) is 14.8 Å². The van der Waals surface area contributed by atoms with Gasteiger partial charge in [-0.05, 0) is 42.8 Å². The molecular weight excluding hydrogens is 385 g/mol. The van der Waals surface area contributed by atoms with Gasteiger partial charge in [-0.15, -0.1) is 16.8 Å². The Balaban J connectivity index is 1.75. The second-order valence-electron chi connectivity index (χ2n) is 5.87. The van der Waals surface area contributed by atoms with Crippen LogP contribution in [0, 0.1) is 5.82 Å². The van der Waals surface area contributed by atoms with Gasteiger partial charge in [-0.2, -0.15) is 0 Å². The molecule has 7 heteroatoms. The van der Waals surface area contributed by atoms with Crippen molar-refractivity contribution in [2.75, 3.05) is 0 Å². The van der Waals surface area contributed by atoms with Crippen LogP contribution in [0.3, 0.4) is 0 Å². The SMILES string of the molecule is C=CCn1c(SCc2ccc(F)cc2)nnc1[C@@H](C)Oc1cccc(Cl)c1. The van der Waals surface area contributed by atoms with Crippen molar-refractivity contribution in [3.63, 3.8) is 0 Å². The first-order valence-corrected chi connectivity index (χ1v) is 9.76. The maximum Gasteiger partial charge on any atom is 0.191 e. The van der Waals surface area contributed by atoms with Crippen LogP contribution in [0.1, 0.15) is 24.4 Å². The summed E-state index contributed by atoms with van der Waals surface area (Å²) in [5, 5.41) is 9.98. The highest BCUT2D eigenvalue weighted by molar-refractivity contribution is 7.98. The second-order valence-corrected chi connectivity index (χ2v) is 7.25. The van der Waals surface area contributed by atoms with Crippen LogP contribution in [0.15, 0.2) is 66.3 Å². The molecule has 27 heavy (non-hydrogen) atoms. The number of ether oxygens (including phenoxy) is 1. The Kier molecular flexibility index (Phi) is 6.53. The number of hydrogen-bond acceptors (Lipinski definition) is 4. The van der Waals surface area contributed by atoms with Gasteiger partial charge in [0.2, 0.25) is 0 Å². The summed E-state index contributed by atoms with van der Waals surface area (Å²) in [7, 11) is 0. The van der Waals surface area contributed by atoms with Crippen molar-refractivity contribution in [2.45, 2.75) is 30.5 Å². The predicted molar refractivity (Wildman–Crippen MR) is 107 cm³/mol. The molecule has 0 fully saturated rings. The van der Waals surface area contributed by atoms with Crippen LogP contribution < -0.4 is 4.74 Å². The Hall–Kier alpha value is -2.31. The quantitative estimate of drug-likeness (QED) is 0.358. The van der Waals surface area contributed by atoms with Crippen molar-refractivity contribution < 1.29 is 9.13 Å². The minimum atomic E-state index is -0.309. The zero-order valence-corrected chi connectivity index (χ0v) is 16.4. The number of benzene rings is 2. The van der Waals surface area contributed by atoms with Gasteiger partial charge in [-0.1, -0.05) is 47.6 Å². The van der Waals surface area contributed by atoms with E-state index in [1.54, 1.807) is 30.3 Å². The van der Waals surface area contributed by atoms with Gasteiger partial charge >= 0.3 is 0 Å². The lowest BCUT2D eigenvalue weighted by Crippen LogP contribution is -2.12. The van der Waals surface area contributed by atoms with Gasteiger partial charge in [0, 0.05) is 17.3 Å². The van der Waals surface area contributed by atoms with E-state index in [-0.39, 0.29) is 11.9 Å². The molecule has 0 saturated heterocycles. The number of aromatic nitrogens is 3. The smallest absolute Gasteiger partial charge is 0.191 e. The van der Waals surface area contributed by atoms with Gasteiger partial charge in [0.25, 0.3) is 0 Å². The maximum absolute atomic E-state index is 13.0. The summed E-state index contributed by atoms with van der Waals surface area (Å²) in [6.45, 7) is 6.30. The molecule has 4 nitrogen and oxygen atoms in total. The molecule has 2 aromatic carbocycles. The van der Waals surface area contributed by atoms with Gasteiger partial charge in [0.1, 0.15) is 11.6 Å². The Morgan fingerprint density at radius 2 is 2.04 bits per heavy atom. The molecule has 0 amide bonds. The van der Waals surface area contributed by atoms with E-state index < -0.39 is 0 Å². The molecule has 0 aliphatic carbocycles. The normalized spacial score (nSPS) is 12.0. The van der Waals surface area contributed by atoms with E-state index in [1.165, 1.54) is 23.9 Å². The summed E-state index contributed by atoms with van der Waals surface area (Å²) < 4.78 is 21.0. The molecule has 140 valence electrons. The molecule has 1 atom stereocenters. The monoisotopic (exact) mass is 403 g/mol. The summed E-state index contributed by atoms with van der Waals surface area (Å²) in [6.07, 6.45) is 1.48. The van der Waals surface area contributed by atoms with Crippen molar-refractivity contribution in [2.24, 2.45) is 0 Å². The van der Waals surface area contributed by atoms with E-state index in [9.17, 15) is 4.39 Å². The maximum atomic E-state index is 13.0. The van der Waals surface area contributed by atoms with Gasteiger partial charge in [-0.3, -0.25) is 4.57 Å². The van der Waals surface area contributed by atoms with Crippen LogP contribution in [0.2, 0.25) is 5.02 Å². The minimum absolute atomic E-state index is 0.243. The fourth-order valence-corrected chi connectivity index (χ4v) is 3.62. The molecule has 0 N–H and O–H groups in total. The van der Waals surface area contributed by atoms with Crippen LogP contribution in [0.5, 0.6) is 5.75 Å². The predicted octanol–water partition coefficient (Wildman–Crippen LogP) is 5.69. The number of rotatable bonds is 8. The summed E-state index contributed by atoms with van der Waals surface area (Å²) in [5.74, 6) is 1.80. The molecule has 0 aliphatic heterocycles. The summed E-state index contributed by atoms with van der Waals surface area (Å²) >= 11 is 7.55. The lowest BCUT2D eigenvalue weighted by Gasteiger charge is -2.16. The number of thioether (sulfide) groups is 1. The van der Waals surface area contributed by atoms with E-state index in [0.29, 0.717) is 28.9 Å². The fourth-order valence-electron chi connectivity index (χ4n) is 2.53. The van der Waals surface area contributed by atoms with E-state index in [2.05, 4.69) is 16.8 Å². The van der Waals surface area contributed by atoms with E-state index in [4.69, 9.17) is 16.3 Å². The van der Waals surface area contributed by atoms with Crippen LogP contribution in [0.25, 0.3) is 0 Å². The third kappa shape index (κ3) is 5.11. The Morgan fingerprint density at radius 1 is 1.26 bits per heavy atom. The molecule has 3 rings (SSSR count). The Morgan fingerprint density at radius 3 is 2.74 bits per heavy atom. The van der Waals surface area contributed by atoms with Crippen molar-refractivity contribution >= 4 is 23.4 Å². The molecule has 0 radical (unpaired) electrons. The zero-order chi connectivity index (χ0) is 19.2. The van der Waals surface area contributed by atoms with E-state index in [1.807, 2.05) is 23.6 Å². The molecule has 3 aromatic rings. The third-order valence-electron chi connectivity index (χ3n) is 3.81. The molecule has 0 saturated carbocycles. The van der Waals surface area contributed by atoms with Gasteiger partial charge < -0.3 is 4.74 Å². The second kappa shape index (κ2) is 9.06. The molecule has 1 aromatic heterocycles. The third-order valence-corrected chi connectivity index (χ3v) is 5.08. The van der Waals surface area contributed by atoms with Gasteiger partial charge in [0.15, 0.2) is 17.1 Å². The van der Waals surface area contributed by atoms with Crippen LogP contribution in [-0.2, 0) is 12.3 Å². The number of hydrogen-bond donors (Lipinski definition) is 0. The Bertz CT molecular complexity index is 914. The highest BCUT2D eigenvalue weighted by Crippen LogP contribution is 2.27. The lowest BCUT2D eigenvalue weighted by atomic mass is 10.2. The molecule has 0 spiro atoms. The average Bonchev–Trinajstić information content (AvgIpc) is 3.04. The van der Waals surface area contributed by atoms with Crippen molar-refractivity contribution in [3.8, 4) is 5.75 Å². The number of allylic oxidation sites excluding steroid dienone is 1. The summed E-state index contributed by atoms with van der Waals surface area (Å²) in [5.41, 5.74) is 1.01. The van der Waals surface area contributed by atoms with Crippen molar-refractivity contribution in [3.05, 3.63) is 83.4 Å². The first-order valence-electron chi connectivity index (χ1n) is 8.40. The van der Waals surface area contributed by atoms with Gasteiger partial charge in [-0.25, -0.2) is 4.39 Å². The zero-order valence-electron chi connectivity index (χ0n) is 14.8.